The van der Waals surface area contributed by atoms with Crippen molar-refractivity contribution >= 4 is 0 Å². The molecule has 2 N–H and O–H groups in total. The highest BCUT2D eigenvalue weighted by molar-refractivity contribution is 4.88. The van der Waals surface area contributed by atoms with E-state index in [0.29, 0.717) is 18.1 Å². The van der Waals surface area contributed by atoms with Crippen LogP contribution in [-0.2, 0) is 0 Å². The molecule has 2 atom stereocenters. The summed E-state index contributed by atoms with van der Waals surface area (Å²) in [6.45, 7) is 6.88. The highest BCUT2D eigenvalue weighted by Gasteiger charge is 2.31. The number of nitrogens with one attached hydrogen (secondary N) is 1. The SMILES string of the molecule is CCC(CC)NC1CCN(C2CCCCC2O)CC1. The molecule has 0 spiro atoms. The first-order chi connectivity index (χ1) is 9.24. The summed E-state index contributed by atoms with van der Waals surface area (Å²) in [5.74, 6) is 0. The van der Waals surface area contributed by atoms with Crippen LogP contribution in [0.25, 0.3) is 0 Å². The largest absolute Gasteiger partial charge is 0.391 e. The van der Waals surface area contributed by atoms with E-state index in [-0.39, 0.29) is 6.10 Å². The molecule has 1 saturated carbocycles. The van der Waals surface area contributed by atoms with Gasteiger partial charge in [-0.15, -0.1) is 0 Å². The van der Waals surface area contributed by atoms with Gasteiger partial charge in [0.25, 0.3) is 0 Å². The predicted octanol–water partition coefficient (Wildman–Crippen LogP) is 2.53. The summed E-state index contributed by atoms with van der Waals surface area (Å²) in [5, 5.41) is 14.0. The van der Waals surface area contributed by atoms with Gasteiger partial charge in [-0.3, -0.25) is 4.90 Å². The normalized spacial score (nSPS) is 30.9. The lowest BCUT2D eigenvalue weighted by atomic mass is 9.89. The molecule has 1 aliphatic heterocycles. The number of piperidine rings is 1. The van der Waals surface area contributed by atoms with Crippen molar-refractivity contribution in [3.05, 3.63) is 0 Å². The number of hydrogen-bond donors (Lipinski definition) is 2. The molecule has 1 aliphatic carbocycles. The highest BCUT2D eigenvalue weighted by Crippen LogP contribution is 2.26. The number of rotatable bonds is 5. The fraction of sp³-hybridized carbons (Fsp3) is 1.00. The first kappa shape index (κ1) is 15.3. The van der Waals surface area contributed by atoms with Crippen LogP contribution in [0.3, 0.4) is 0 Å². The van der Waals surface area contributed by atoms with E-state index in [9.17, 15) is 5.11 Å². The lowest BCUT2D eigenvalue weighted by Gasteiger charge is -2.42. The molecule has 2 rings (SSSR count). The van der Waals surface area contributed by atoms with Crippen LogP contribution in [0.15, 0.2) is 0 Å². The third-order valence-corrected chi connectivity index (χ3v) is 5.15. The Morgan fingerprint density at radius 3 is 2.26 bits per heavy atom. The van der Waals surface area contributed by atoms with Crippen LogP contribution in [0.5, 0.6) is 0 Å². The number of likely N-dealkylation sites (tertiary alicyclic amines) is 1. The average Bonchev–Trinajstić information content (AvgIpc) is 2.46. The maximum atomic E-state index is 10.2. The van der Waals surface area contributed by atoms with Gasteiger partial charge in [-0.1, -0.05) is 26.7 Å². The van der Waals surface area contributed by atoms with Crippen LogP contribution in [0.4, 0.5) is 0 Å². The van der Waals surface area contributed by atoms with Crippen molar-refractivity contribution in [3.8, 4) is 0 Å². The van der Waals surface area contributed by atoms with Crippen molar-refractivity contribution in [2.45, 2.75) is 89.4 Å². The van der Waals surface area contributed by atoms with Crippen LogP contribution in [0.2, 0.25) is 0 Å². The molecule has 0 bridgehead atoms. The number of aliphatic hydroxyl groups is 1. The minimum Gasteiger partial charge on any atom is -0.391 e. The second-order valence-corrected chi connectivity index (χ2v) is 6.41. The van der Waals surface area contributed by atoms with Crippen LogP contribution < -0.4 is 5.32 Å². The van der Waals surface area contributed by atoms with Crippen molar-refractivity contribution in [2.24, 2.45) is 0 Å². The van der Waals surface area contributed by atoms with E-state index in [0.717, 1.165) is 6.42 Å². The van der Waals surface area contributed by atoms with Crippen LogP contribution >= 0.6 is 0 Å². The van der Waals surface area contributed by atoms with Gasteiger partial charge in [-0.05, 0) is 38.5 Å². The lowest BCUT2D eigenvalue weighted by Crippen LogP contribution is -2.52. The molecule has 0 aromatic rings. The second-order valence-electron chi connectivity index (χ2n) is 6.41. The second kappa shape index (κ2) is 7.61. The molecule has 0 aromatic heterocycles. The Hall–Kier alpha value is -0.120. The summed E-state index contributed by atoms with van der Waals surface area (Å²) in [6.07, 6.45) is 9.62. The van der Waals surface area contributed by atoms with Crippen molar-refractivity contribution in [3.63, 3.8) is 0 Å². The Kier molecular flexibility index (Phi) is 6.11. The molecule has 112 valence electrons. The standard InChI is InChI=1S/C16H32N2O/c1-3-13(4-2)17-14-9-11-18(12-10-14)15-7-5-6-8-16(15)19/h13-17,19H,3-12H2,1-2H3. The molecule has 2 fully saturated rings. The quantitative estimate of drug-likeness (QED) is 0.804. The maximum Gasteiger partial charge on any atom is 0.0695 e. The van der Waals surface area contributed by atoms with Gasteiger partial charge in [0.05, 0.1) is 6.10 Å². The Balaban J connectivity index is 1.75. The van der Waals surface area contributed by atoms with Crippen molar-refractivity contribution < 1.29 is 5.11 Å². The van der Waals surface area contributed by atoms with Gasteiger partial charge in [-0.2, -0.15) is 0 Å². The number of aliphatic hydroxyl groups excluding tert-OH is 1. The zero-order chi connectivity index (χ0) is 13.7. The van der Waals surface area contributed by atoms with Crippen LogP contribution in [0.1, 0.15) is 65.2 Å². The smallest absolute Gasteiger partial charge is 0.0695 e. The number of hydrogen-bond acceptors (Lipinski definition) is 3. The Labute approximate surface area is 118 Å². The summed E-state index contributed by atoms with van der Waals surface area (Å²) in [5.41, 5.74) is 0. The summed E-state index contributed by atoms with van der Waals surface area (Å²) in [4.78, 5) is 2.55. The van der Waals surface area contributed by atoms with Gasteiger partial charge < -0.3 is 10.4 Å². The van der Waals surface area contributed by atoms with E-state index in [1.165, 1.54) is 58.0 Å². The Morgan fingerprint density at radius 2 is 1.68 bits per heavy atom. The molecule has 1 heterocycles. The summed E-state index contributed by atoms with van der Waals surface area (Å²) >= 11 is 0. The molecular formula is C16H32N2O. The molecule has 0 aromatic carbocycles. The van der Waals surface area contributed by atoms with Crippen LogP contribution in [-0.4, -0.2) is 47.3 Å². The van der Waals surface area contributed by atoms with Gasteiger partial charge in [0, 0.05) is 31.2 Å². The van der Waals surface area contributed by atoms with E-state index in [1.54, 1.807) is 0 Å². The minimum absolute atomic E-state index is 0.0720. The average molecular weight is 268 g/mol. The monoisotopic (exact) mass is 268 g/mol. The molecule has 2 aliphatic rings. The van der Waals surface area contributed by atoms with Gasteiger partial charge >= 0.3 is 0 Å². The Morgan fingerprint density at radius 1 is 1.05 bits per heavy atom. The summed E-state index contributed by atoms with van der Waals surface area (Å²) < 4.78 is 0. The first-order valence-corrected chi connectivity index (χ1v) is 8.42. The molecular weight excluding hydrogens is 236 g/mol. The number of nitrogens with zero attached hydrogens (tertiary/aromatic N) is 1. The van der Waals surface area contributed by atoms with Gasteiger partial charge in [0.15, 0.2) is 0 Å². The molecule has 0 amide bonds. The van der Waals surface area contributed by atoms with Crippen LogP contribution in [0, 0.1) is 0 Å². The van der Waals surface area contributed by atoms with Gasteiger partial charge in [-0.25, -0.2) is 0 Å². The van der Waals surface area contributed by atoms with E-state index in [1.807, 2.05) is 0 Å². The lowest BCUT2D eigenvalue weighted by molar-refractivity contribution is 0.00656. The fourth-order valence-electron chi connectivity index (χ4n) is 3.77. The van der Waals surface area contributed by atoms with Crippen molar-refractivity contribution in [1.82, 2.24) is 10.2 Å². The third kappa shape index (κ3) is 4.17. The Bertz CT molecular complexity index is 247. The highest BCUT2D eigenvalue weighted by atomic mass is 16.3. The maximum absolute atomic E-state index is 10.2. The van der Waals surface area contributed by atoms with Gasteiger partial charge in [0.2, 0.25) is 0 Å². The van der Waals surface area contributed by atoms with E-state index >= 15 is 0 Å². The minimum atomic E-state index is -0.0720. The zero-order valence-corrected chi connectivity index (χ0v) is 12.8. The van der Waals surface area contributed by atoms with Crippen molar-refractivity contribution in [1.29, 1.82) is 0 Å². The molecule has 0 radical (unpaired) electrons. The molecule has 3 nitrogen and oxygen atoms in total. The van der Waals surface area contributed by atoms with E-state index < -0.39 is 0 Å². The molecule has 19 heavy (non-hydrogen) atoms. The molecule has 1 saturated heterocycles. The fourth-order valence-corrected chi connectivity index (χ4v) is 3.77. The summed E-state index contributed by atoms with van der Waals surface area (Å²) in [7, 11) is 0. The summed E-state index contributed by atoms with van der Waals surface area (Å²) in [6, 6.07) is 1.83. The van der Waals surface area contributed by atoms with E-state index in [2.05, 4.69) is 24.1 Å². The topological polar surface area (TPSA) is 35.5 Å². The molecule has 2 unspecified atom stereocenters. The van der Waals surface area contributed by atoms with E-state index in [4.69, 9.17) is 0 Å². The first-order valence-electron chi connectivity index (χ1n) is 8.42. The zero-order valence-electron chi connectivity index (χ0n) is 12.8. The predicted molar refractivity (Wildman–Crippen MR) is 80.4 cm³/mol. The van der Waals surface area contributed by atoms with Crippen molar-refractivity contribution in [2.75, 3.05) is 13.1 Å². The molecule has 3 heteroatoms. The third-order valence-electron chi connectivity index (χ3n) is 5.15. The van der Waals surface area contributed by atoms with Gasteiger partial charge in [0.1, 0.15) is 0 Å².